The van der Waals surface area contributed by atoms with Crippen LogP contribution >= 0.6 is 0 Å². The Balaban J connectivity index is 0.000000187. The molecule has 26 heavy (non-hydrogen) atoms. The smallest absolute Gasteiger partial charge is 0.00721 e. The van der Waals surface area contributed by atoms with Crippen molar-refractivity contribution in [2.45, 2.75) is 142 Å². The Labute approximate surface area is 165 Å². The molecule has 1 heteroatoms. The van der Waals surface area contributed by atoms with Crippen LogP contribution in [-0.2, 0) is 0 Å². The van der Waals surface area contributed by atoms with Crippen LogP contribution in [0, 0.1) is 17.8 Å². The number of hydrogen-bond donors (Lipinski definition) is 1. The molecule has 0 bridgehead atoms. The second-order valence-electron chi connectivity index (χ2n) is 10.1. The van der Waals surface area contributed by atoms with Crippen LogP contribution in [0.5, 0.6) is 0 Å². The Hall–Kier alpha value is -0.0400. The Morgan fingerprint density at radius 3 is 2.00 bits per heavy atom. The third-order valence-electron chi connectivity index (χ3n) is 7.36. The van der Waals surface area contributed by atoms with Gasteiger partial charge in [0, 0.05) is 12.1 Å². The molecule has 0 aromatic carbocycles. The van der Waals surface area contributed by atoms with Crippen molar-refractivity contribution in [3.8, 4) is 0 Å². The van der Waals surface area contributed by atoms with E-state index in [0.29, 0.717) is 0 Å². The van der Waals surface area contributed by atoms with Crippen molar-refractivity contribution in [1.82, 2.24) is 5.32 Å². The fourth-order valence-electron chi connectivity index (χ4n) is 5.49. The molecule has 3 fully saturated rings. The van der Waals surface area contributed by atoms with Crippen LogP contribution in [0.2, 0.25) is 0 Å². The molecule has 0 heterocycles. The predicted molar refractivity (Wildman–Crippen MR) is 117 cm³/mol. The summed E-state index contributed by atoms with van der Waals surface area (Å²) in [5.74, 6) is 3.08. The minimum Gasteiger partial charge on any atom is -0.311 e. The predicted octanol–water partition coefficient (Wildman–Crippen LogP) is 7.88. The lowest BCUT2D eigenvalue weighted by Crippen LogP contribution is -2.39. The van der Waals surface area contributed by atoms with Gasteiger partial charge in [-0.2, -0.15) is 0 Å². The maximum atomic E-state index is 3.85. The number of nitrogens with one attached hydrogen (secondary N) is 1. The normalized spacial score (nSPS) is 32.9. The van der Waals surface area contributed by atoms with E-state index in [1.807, 2.05) is 0 Å². The van der Waals surface area contributed by atoms with Crippen LogP contribution in [0.25, 0.3) is 0 Å². The highest BCUT2D eigenvalue weighted by Crippen LogP contribution is 2.31. The van der Waals surface area contributed by atoms with Gasteiger partial charge in [0.1, 0.15) is 0 Å². The fourth-order valence-corrected chi connectivity index (χ4v) is 5.49. The standard InChI is InChI=1S/C13H26.C12H23N/c1-3-4-5-6-7-13-10-8-12(2)9-11-13;1-10-5-4-8-12(9-10)13-11-6-2-3-7-11/h12-13H,3-11H2,1-2H3;10-13H,2-9H2,1H3/t;10?,12-/m.0/s1. The third kappa shape index (κ3) is 9.25. The third-order valence-corrected chi connectivity index (χ3v) is 7.36. The second-order valence-corrected chi connectivity index (χ2v) is 10.1. The lowest BCUT2D eigenvalue weighted by molar-refractivity contribution is 0.271. The maximum Gasteiger partial charge on any atom is 0.00721 e. The molecule has 0 saturated heterocycles. The van der Waals surface area contributed by atoms with Gasteiger partial charge in [0.05, 0.1) is 0 Å². The zero-order valence-corrected chi connectivity index (χ0v) is 18.4. The van der Waals surface area contributed by atoms with Crippen LogP contribution in [0.3, 0.4) is 0 Å². The monoisotopic (exact) mass is 363 g/mol. The molecule has 0 aromatic rings. The van der Waals surface area contributed by atoms with E-state index in [4.69, 9.17) is 0 Å². The molecule has 0 amide bonds. The summed E-state index contributed by atoms with van der Waals surface area (Å²) in [6, 6.07) is 1.72. The molecule has 2 atom stereocenters. The molecule has 154 valence electrons. The van der Waals surface area contributed by atoms with Gasteiger partial charge in [0.25, 0.3) is 0 Å². The Morgan fingerprint density at radius 2 is 1.35 bits per heavy atom. The zero-order valence-electron chi connectivity index (χ0n) is 18.4. The molecule has 3 saturated carbocycles. The highest BCUT2D eigenvalue weighted by Gasteiger charge is 2.23. The van der Waals surface area contributed by atoms with Crippen LogP contribution in [0.4, 0.5) is 0 Å². The summed E-state index contributed by atoms with van der Waals surface area (Å²) in [7, 11) is 0. The van der Waals surface area contributed by atoms with Crippen molar-refractivity contribution in [2.24, 2.45) is 17.8 Å². The average molecular weight is 364 g/mol. The van der Waals surface area contributed by atoms with Gasteiger partial charge in [-0.15, -0.1) is 0 Å². The van der Waals surface area contributed by atoms with Gasteiger partial charge in [0.2, 0.25) is 0 Å². The van der Waals surface area contributed by atoms with Crippen LogP contribution in [0.1, 0.15) is 130 Å². The van der Waals surface area contributed by atoms with E-state index >= 15 is 0 Å². The van der Waals surface area contributed by atoms with E-state index in [2.05, 4.69) is 26.1 Å². The van der Waals surface area contributed by atoms with E-state index in [0.717, 1.165) is 29.8 Å². The molecular weight excluding hydrogens is 314 g/mol. The summed E-state index contributed by atoms with van der Waals surface area (Å²) in [6.45, 7) is 7.11. The Morgan fingerprint density at radius 1 is 0.654 bits per heavy atom. The van der Waals surface area contributed by atoms with Gasteiger partial charge < -0.3 is 5.32 Å². The van der Waals surface area contributed by atoms with E-state index in [1.54, 1.807) is 0 Å². The lowest BCUT2D eigenvalue weighted by atomic mass is 9.80. The summed E-state index contributed by atoms with van der Waals surface area (Å²) in [5.41, 5.74) is 0. The van der Waals surface area contributed by atoms with Crippen LogP contribution < -0.4 is 5.32 Å². The number of hydrogen-bond acceptors (Lipinski definition) is 1. The van der Waals surface area contributed by atoms with Crippen molar-refractivity contribution >= 4 is 0 Å². The Kier molecular flexibility index (Phi) is 11.3. The van der Waals surface area contributed by atoms with Crippen molar-refractivity contribution in [3.63, 3.8) is 0 Å². The van der Waals surface area contributed by atoms with E-state index in [1.165, 1.54) is 109 Å². The molecule has 3 rings (SSSR count). The van der Waals surface area contributed by atoms with Crippen LogP contribution in [-0.4, -0.2) is 12.1 Å². The van der Waals surface area contributed by atoms with Gasteiger partial charge >= 0.3 is 0 Å². The van der Waals surface area contributed by atoms with Crippen molar-refractivity contribution in [3.05, 3.63) is 0 Å². The van der Waals surface area contributed by atoms with Crippen molar-refractivity contribution in [1.29, 1.82) is 0 Å². The highest BCUT2D eigenvalue weighted by molar-refractivity contribution is 4.82. The summed E-state index contributed by atoms with van der Waals surface area (Å²) in [5, 5.41) is 3.85. The summed E-state index contributed by atoms with van der Waals surface area (Å²) in [4.78, 5) is 0. The fraction of sp³-hybridized carbons (Fsp3) is 1.00. The van der Waals surface area contributed by atoms with Crippen molar-refractivity contribution in [2.75, 3.05) is 0 Å². The van der Waals surface area contributed by atoms with Gasteiger partial charge in [-0.05, 0) is 43.4 Å². The summed E-state index contributed by atoms with van der Waals surface area (Å²) >= 11 is 0. The first-order valence-corrected chi connectivity index (χ1v) is 12.4. The van der Waals surface area contributed by atoms with Gasteiger partial charge in [-0.3, -0.25) is 0 Å². The SMILES string of the molecule is CC1CCC[C@H](NC2CCCC2)C1.CCCCCCC1CCC(C)CC1. The van der Waals surface area contributed by atoms with E-state index in [-0.39, 0.29) is 0 Å². The summed E-state index contributed by atoms with van der Waals surface area (Å²) < 4.78 is 0. The summed E-state index contributed by atoms with van der Waals surface area (Å²) in [6.07, 6.45) is 24.9. The minimum atomic E-state index is 0.854. The highest BCUT2D eigenvalue weighted by atomic mass is 15.0. The molecule has 3 aliphatic rings. The quantitative estimate of drug-likeness (QED) is 0.453. The number of rotatable bonds is 7. The molecule has 0 radical (unpaired) electrons. The first-order valence-electron chi connectivity index (χ1n) is 12.4. The number of unbranched alkanes of at least 4 members (excludes halogenated alkanes) is 3. The average Bonchev–Trinajstić information content (AvgIpc) is 3.14. The first-order chi connectivity index (χ1) is 12.7. The molecule has 1 nitrogen and oxygen atoms in total. The molecule has 3 aliphatic carbocycles. The van der Waals surface area contributed by atoms with Crippen molar-refractivity contribution < 1.29 is 0 Å². The van der Waals surface area contributed by atoms with Gasteiger partial charge in [0.15, 0.2) is 0 Å². The van der Waals surface area contributed by atoms with E-state index in [9.17, 15) is 0 Å². The molecule has 0 aromatic heterocycles. The largest absolute Gasteiger partial charge is 0.311 e. The first kappa shape index (κ1) is 22.3. The van der Waals surface area contributed by atoms with Gasteiger partial charge in [-0.1, -0.05) is 104 Å². The lowest BCUT2D eigenvalue weighted by Gasteiger charge is -2.30. The molecular formula is C25H49N. The van der Waals surface area contributed by atoms with Gasteiger partial charge in [-0.25, -0.2) is 0 Å². The minimum absolute atomic E-state index is 0.854. The topological polar surface area (TPSA) is 12.0 Å². The molecule has 1 unspecified atom stereocenters. The van der Waals surface area contributed by atoms with E-state index < -0.39 is 0 Å². The maximum absolute atomic E-state index is 3.85. The Bertz CT molecular complexity index is 325. The molecule has 1 N–H and O–H groups in total. The zero-order chi connectivity index (χ0) is 18.6. The second kappa shape index (κ2) is 13.2. The molecule has 0 spiro atoms. The molecule has 0 aliphatic heterocycles. The van der Waals surface area contributed by atoms with Crippen LogP contribution in [0.15, 0.2) is 0 Å².